The molecule has 2 aliphatic rings. The van der Waals surface area contributed by atoms with Crippen molar-refractivity contribution in [1.29, 1.82) is 0 Å². The van der Waals surface area contributed by atoms with E-state index in [1.165, 1.54) is 0 Å². The SMILES string of the molecule is C#CC1CC(=O)N(CCCN2CCOCC2)C1. The standard InChI is InChI=1S/C13H20N2O2/c1-2-12-10-13(16)15(11-12)5-3-4-14-6-8-17-9-7-14/h1,12H,3-11H2. The number of nitrogens with zero attached hydrogens (tertiary/aromatic N) is 2. The Morgan fingerprint density at radius 3 is 2.76 bits per heavy atom. The van der Waals surface area contributed by atoms with Crippen LogP contribution in [0.4, 0.5) is 0 Å². The third kappa shape index (κ3) is 3.45. The summed E-state index contributed by atoms with van der Waals surface area (Å²) in [5.41, 5.74) is 0. The van der Waals surface area contributed by atoms with Crippen LogP contribution in [-0.2, 0) is 9.53 Å². The number of rotatable bonds is 4. The van der Waals surface area contributed by atoms with E-state index < -0.39 is 0 Å². The summed E-state index contributed by atoms with van der Waals surface area (Å²) >= 11 is 0. The van der Waals surface area contributed by atoms with Crippen molar-refractivity contribution in [3.63, 3.8) is 0 Å². The lowest BCUT2D eigenvalue weighted by Crippen LogP contribution is -2.38. The molecule has 1 amide bonds. The van der Waals surface area contributed by atoms with Gasteiger partial charge in [-0.2, -0.15) is 0 Å². The number of morpholine rings is 1. The summed E-state index contributed by atoms with van der Waals surface area (Å²) in [6.45, 7) is 6.34. The van der Waals surface area contributed by atoms with Crippen molar-refractivity contribution in [1.82, 2.24) is 9.80 Å². The molecule has 0 aromatic carbocycles. The summed E-state index contributed by atoms with van der Waals surface area (Å²) in [6, 6.07) is 0. The Morgan fingerprint density at radius 2 is 2.12 bits per heavy atom. The Labute approximate surface area is 103 Å². The topological polar surface area (TPSA) is 32.8 Å². The minimum atomic E-state index is 0.130. The first-order valence-electron chi connectivity index (χ1n) is 6.33. The third-order valence-electron chi connectivity index (χ3n) is 3.46. The van der Waals surface area contributed by atoms with E-state index in [1.807, 2.05) is 4.90 Å². The molecule has 0 aliphatic carbocycles. The first kappa shape index (κ1) is 12.4. The van der Waals surface area contributed by atoms with Crippen LogP contribution in [0.15, 0.2) is 0 Å². The summed E-state index contributed by atoms with van der Waals surface area (Å²) < 4.78 is 5.30. The summed E-state index contributed by atoms with van der Waals surface area (Å²) in [7, 11) is 0. The summed E-state index contributed by atoms with van der Waals surface area (Å²) in [5.74, 6) is 3.02. The molecule has 0 aromatic heterocycles. The first-order valence-corrected chi connectivity index (χ1v) is 6.33. The van der Waals surface area contributed by atoms with E-state index in [-0.39, 0.29) is 11.8 Å². The molecular formula is C13H20N2O2. The molecular weight excluding hydrogens is 216 g/mol. The van der Waals surface area contributed by atoms with Crippen molar-refractivity contribution < 1.29 is 9.53 Å². The predicted molar refractivity (Wildman–Crippen MR) is 65.4 cm³/mol. The zero-order valence-electron chi connectivity index (χ0n) is 10.2. The fourth-order valence-corrected chi connectivity index (χ4v) is 2.41. The van der Waals surface area contributed by atoms with Gasteiger partial charge < -0.3 is 9.64 Å². The lowest BCUT2D eigenvalue weighted by atomic mass is 10.1. The maximum Gasteiger partial charge on any atom is 0.223 e. The van der Waals surface area contributed by atoms with E-state index in [1.54, 1.807) is 0 Å². The minimum absolute atomic E-state index is 0.130. The number of carbonyl (C=O) groups excluding carboxylic acids is 1. The summed E-state index contributed by atoms with van der Waals surface area (Å²) in [5, 5.41) is 0. The van der Waals surface area contributed by atoms with Gasteiger partial charge in [0.2, 0.25) is 5.91 Å². The van der Waals surface area contributed by atoms with Gasteiger partial charge in [-0.1, -0.05) is 0 Å². The average Bonchev–Trinajstić information content (AvgIpc) is 2.72. The van der Waals surface area contributed by atoms with Crippen LogP contribution in [0.1, 0.15) is 12.8 Å². The number of terminal acetylenes is 1. The van der Waals surface area contributed by atoms with Crippen molar-refractivity contribution >= 4 is 5.91 Å². The molecule has 0 radical (unpaired) electrons. The van der Waals surface area contributed by atoms with Gasteiger partial charge >= 0.3 is 0 Å². The van der Waals surface area contributed by atoms with Crippen LogP contribution in [0.2, 0.25) is 0 Å². The Balaban J connectivity index is 1.65. The molecule has 2 rings (SSSR count). The van der Waals surface area contributed by atoms with Crippen molar-refractivity contribution in [2.75, 3.05) is 45.9 Å². The van der Waals surface area contributed by atoms with Crippen molar-refractivity contribution in [2.24, 2.45) is 5.92 Å². The van der Waals surface area contributed by atoms with E-state index in [4.69, 9.17) is 11.2 Å². The Bertz CT molecular complexity index is 305. The monoisotopic (exact) mass is 236 g/mol. The molecule has 2 fully saturated rings. The summed E-state index contributed by atoms with van der Waals surface area (Å²) in [6.07, 6.45) is 6.92. The Hall–Kier alpha value is -1.05. The zero-order chi connectivity index (χ0) is 12.1. The molecule has 94 valence electrons. The molecule has 0 saturated carbocycles. The minimum Gasteiger partial charge on any atom is -0.379 e. The largest absolute Gasteiger partial charge is 0.379 e. The van der Waals surface area contributed by atoms with E-state index in [2.05, 4.69) is 10.8 Å². The lowest BCUT2D eigenvalue weighted by molar-refractivity contribution is -0.127. The second-order valence-corrected chi connectivity index (χ2v) is 4.72. The van der Waals surface area contributed by atoms with Gasteiger partial charge in [0.05, 0.1) is 13.2 Å². The van der Waals surface area contributed by atoms with Gasteiger partial charge in [0.1, 0.15) is 0 Å². The maximum absolute atomic E-state index is 11.6. The number of likely N-dealkylation sites (tertiary alicyclic amines) is 1. The van der Waals surface area contributed by atoms with E-state index in [0.29, 0.717) is 6.42 Å². The fraction of sp³-hybridized carbons (Fsp3) is 0.769. The van der Waals surface area contributed by atoms with Crippen LogP contribution in [0.3, 0.4) is 0 Å². The smallest absolute Gasteiger partial charge is 0.223 e. The predicted octanol–water partition coefficient (Wildman–Crippen LogP) is 0.190. The second-order valence-electron chi connectivity index (χ2n) is 4.72. The number of carbonyl (C=O) groups is 1. The summed E-state index contributed by atoms with van der Waals surface area (Å²) in [4.78, 5) is 15.9. The highest BCUT2D eigenvalue weighted by Crippen LogP contribution is 2.16. The van der Waals surface area contributed by atoms with E-state index in [0.717, 1.165) is 52.4 Å². The van der Waals surface area contributed by atoms with Gasteiger partial charge in [0.25, 0.3) is 0 Å². The maximum atomic E-state index is 11.6. The second kappa shape index (κ2) is 6.04. The highest BCUT2D eigenvalue weighted by molar-refractivity contribution is 5.79. The highest BCUT2D eigenvalue weighted by Gasteiger charge is 2.27. The van der Waals surface area contributed by atoms with Crippen LogP contribution < -0.4 is 0 Å². The number of hydrogen-bond acceptors (Lipinski definition) is 3. The molecule has 0 spiro atoms. The number of amides is 1. The van der Waals surface area contributed by atoms with Crippen LogP contribution in [0.25, 0.3) is 0 Å². The van der Waals surface area contributed by atoms with Gasteiger partial charge in [-0.25, -0.2) is 0 Å². The normalized spacial score (nSPS) is 26.2. The van der Waals surface area contributed by atoms with E-state index in [9.17, 15) is 4.79 Å². The Morgan fingerprint density at radius 1 is 1.35 bits per heavy atom. The van der Waals surface area contributed by atoms with Crippen LogP contribution >= 0.6 is 0 Å². The molecule has 0 N–H and O–H groups in total. The van der Waals surface area contributed by atoms with Crippen LogP contribution in [0, 0.1) is 18.3 Å². The van der Waals surface area contributed by atoms with Gasteiger partial charge in [-0.3, -0.25) is 9.69 Å². The van der Waals surface area contributed by atoms with Crippen molar-refractivity contribution in [2.45, 2.75) is 12.8 Å². The molecule has 1 atom stereocenters. The highest BCUT2D eigenvalue weighted by atomic mass is 16.5. The lowest BCUT2D eigenvalue weighted by Gasteiger charge is -2.27. The molecule has 2 aliphatic heterocycles. The molecule has 4 nitrogen and oxygen atoms in total. The Kier molecular flexibility index (Phi) is 4.41. The van der Waals surface area contributed by atoms with E-state index >= 15 is 0 Å². The molecule has 17 heavy (non-hydrogen) atoms. The molecule has 2 saturated heterocycles. The first-order chi connectivity index (χ1) is 8.29. The number of hydrogen-bond donors (Lipinski definition) is 0. The molecule has 0 bridgehead atoms. The van der Waals surface area contributed by atoms with Crippen molar-refractivity contribution in [3.8, 4) is 12.3 Å². The fourth-order valence-electron chi connectivity index (χ4n) is 2.41. The van der Waals surface area contributed by atoms with Gasteiger partial charge in [-0.15, -0.1) is 12.3 Å². The van der Waals surface area contributed by atoms with Gasteiger partial charge in [0, 0.05) is 45.1 Å². The molecule has 2 heterocycles. The zero-order valence-corrected chi connectivity index (χ0v) is 10.2. The quantitative estimate of drug-likeness (QED) is 0.653. The average molecular weight is 236 g/mol. The van der Waals surface area contributed by atoms with Gasteiger partial charge in [-0.05, 0) is 6.42 Å². The molecule has 1 unspecified atom stereocenters. The van der Waals surface area contributed by atoms with Gasteiger partial charge in [0.15, 0.2) is 0 Å². The van der Waals surface area contributed by atoms with Crippen LogP contribution in [0.5, 0.6) is 0 Å². The third-order valence-corrected chi connectivity index (χ3v) is 3.46. The van der Waals surface area contributed by atoms with Crippen LogP contribution in [-0.4, -0.2) is 61.6 Å². The molecule has 0 aromatic rings. The number of ether oxygens (including phenoxy) is 1. The molecule has 4 heteroatoms. The van der Waals surface area contributed by atoms with Crippen molar-refractivity contribution in [3.05, 3.63) is 0 Å².